The van der Waals surface area contributed by atoms with Crippen LogP contribution in [0.25, 0.3) is 11.0 Å². The molecule has 21 heavy (non-hydrogen) atoms. The van der Waals surface area contributed by atoms with E-state index in [2.05, 4.69) is 52.2 Å². The van der Waals surface area contributed by atoms with E-state index in [1.807, 2.05) is 0 Å². The molecule has 5 nitrogen and oxygen atoms in total. The van der Waals surface area contributed by atoms with Crippen LogP contribution in [0.5, 0.6) is 0 Å². The molecular weight excluding hydrogens is 495 g/mol. The Hall–Kier alpha value is -0.940. The molecule has 0 aliphatic heterocycles. The van der Waals surface area contributed by atoms with Crippen LogP contribution in [0, 0.1) is 10.1 Å². The number of nitro groups is 1. The molecule has 1 aromatic carbocycles. The zero-order valence-electron chi connectivity index (χ0n) is 9.43. The summed E-state index contributed by atoms with van der Waals surface area (Å²) in [5.74, 6) is -1.56. The fourth-order valence-electron chi connectivity index (χ4n) is 1.62. The molecule has 0 aliphatic carbocycles. The maximum absolute atomic E-state index is 12.8. The largest absolute Gasteiger partial charge is 0.450 e. The van der Waals surface area contributed by atoms with E-state index >= 15 is 0 Å². The summed E-state index contributed by atoms with van der Waals surface area (Å²) >= 11 is 8.31. The molecule has 0 atom stereocenters. The quantitative estimate of drug-likeness (QED) is 0.412. The molecule has 0 fully saturated rings. The highest BCUT2D eigenvalue weighted by molar-refractivity contribution is 9.11. The SMILES string of the molecule is O=c1c(Br)c(C(F)(F)F)oc2c(Br)cc(Br)c([N+](=O)[O-])c12. The molecule has 0 aliphatic rings. The van der Waals surface area contributed by atoms with Gasteiger partial charge in [-0.1, -0.05) is 0 Å². The molecule has 11 heteroatoms. The second-order valence-corrected chi connectivity index (χ2v) is 6.22. The number of halogens is 6. The van der Waals surface area contributed by atoms with Gasteiger partial charge in [0.2, 0.25) is 11.2 Å². The summed E-state index contributed by atoms with van der Waals surface area (Å²) in [4.78, 5) is 22.2. The molecule has 0 saturated carbocycles. The van der Waals surface area contributed by atoms with Crippen LogP contribution in [0.3, 0.4) is 0 Å². The monoisotopic (exact) mass is 493 g/mol. The zero-order valence-corrected chi connectivity index (χ0v) is 14.2. The van der Waals surface area contributed by atoms with E-state index in [9.17, 15) is 28.1 Å². The average Bonchev–Trinajstić information content (AvgIpc) is 2.32. The normalized spacial score (nSPS) is 11.9. The van der Waals surface area contributed by atoms with Gasteiger partial charge >= 0.3 is 6.18 Å². The Kier molecular flexibility index (Phi) is 4.19. The summed E-state index contributed by atoms with van der Waals surface area (Å²) < 4.78 is 42.1. The van der Waals surface area contributed by atoms with Gasteiger partial charge in [0.25, 0.3) is 5.69 Å². The third-order valence-corrected chi connectivity index (χ3v) is 4.34. The van der Waals surface area contributed by atoms with Crippen LogP contribution in [0.4, 0.5) is 18.9 Å². The van der Waals surface area contributed by atoms with Gasteiger partial charge in [-0.15, -0.1) is 0 Å². The maximum atomic E-state index is 12.8. The molecule has 0 N–H and O–H groups in total. The van der Waals surface area contributed by atoms with Gasteiger partial charge in [-0.05, 0) is 53.9 Å². The Morgan fingerprint density at radius 2 is 1.76 bits per heavy atom. The maximum Gasteiger partial charge on any atom is 0.450 e. The Bertz CT molecular complexity index is 831. The lowest BCUT2D eigenvalue weighted by molar-refractivity contribution is -0.383. The van der Waals surface area contributed by atoms with Crippen molar-refractivity contribution in [1.82, 2.24) is 0 Å². The minimum atomic E-state index is -4.92. The van der Waals surface area contributed by atoms with Crippen LogP contribution in [0.15, 0.2) is 28.7 Å². The van der Waals surface area contributed by atoms with Crippen LogP contribution in [0.2, 0.25) is 0 Å². The van der Waals surface area contributed by atoms with Crippen LogP contribution in [-0.2, 0) is 6.18 Å². The molecule has 0 amide bonds. The van der Waals surface area contributed by atoms with Gasteiger partial charge in [0, 0.05) is 0 Å². The van der Waals surface area contributed by atoms with Crippen molar-refractivity contribution in [1.29, 1.82) is 0 Å². The van der Waals surface area contributed by atoms with Crippen molar-refractivity contribution in [3.05, 3.63) is 45.6 Å². The number of benzene rings is 1. The summed E-state index contributed by atoms with van der Waals surface area (Å²) in [6, 6.07) is 1.14. The molecule has 0 saturated heterocycles. The molecular formula is C10HBr3F3NO4. The Morgan fingerprint density at radius 1 is 1.19 bits per heavy atom. The molecule has 2 rings (SSSR count). The first-order valence-electron chi connectivity index (χ1n) is 4.91. The van der Waals surface area contributed by atoms with E-state index < -0.39 is 43.4 Å². The molecule has 1 aromatic heterocycles. The van der Waals surface area contributed by atoms with Gasteiger partial charge in [-0.3, -0.25) is 14.9 Å². The predicted octanol–water partition coefficient (Wildman–Crippen LogP) is 5.01. The number of hydrogen-bond donors (Lipinski definition) is 0. The predicted molar refractivity (Wildman–Crippen MR) is 77.2 cm³/mol. The van der Waals surface area contributed by atoms with E-state index in [0.717, 1.165) is 6.07 Å². The highest BCUT2D eigenvalue weighted by atomic mass is 79.9. The van der Waals surface area contributed by atoms with Gasteiger partial charge in [0.15, 0.2) is 5.58 Å². The zero-order chi connectivity index (χ0) is 16.1. The minimum Gasteiger partial charge on any atom is -0.449 e. The molecule has 0 unspecified atom stereocenters. The second kappa shape index (κ2) is 5.36. The van der Waals surface area contributed by atoms with Gasteiger partial charge in [0.05, 0.1) is 13.9 Å². The van der Waals surface area contributed by atoms with Gasteiger partial charge in [0.1, 0.15) is 9.86 Å². The number of fused-ring (bicyclic) bond motifs is 1. The molecule has 0 spiro atoms. The Morgan fingerprint density at radius 3 is 2.24 bits per heavy atom. The first kappa shape index (κ1) is 16.4. The highest BCUT2D eigenvalue weighted by Crippen LogP contribution is 2.41. The Balaban J connectivity index is 3.11. The molecule has 0 radical (unpaired) electrons. The van der Waals surface area contributed by atoms with Crippen molar-refractivity contribution in [3.8, 4) is 0 Å². The van der Waals surface area contributed by atoms with Crippen molar-refractivity contribution in [3.63, 3.8) is 0 Å². The number of nitrogens with zero attached hydrogens (tertiary/aromatic N) is 1. The number of alkyl halides is 3. The van der Waals surface area contributed by atoms with Gasteiger partial charge < -0.3 is 4.42 Å². The van der Waals surface area contributed by atoms with Crippen molar-refractivity contribution in [2.45, 2.75) is 6.18 Å². The lowest BCUT2D eigenvalue weighted by Crippen LogP contribution is -2.15. The van der Waals surface area contributed by atoms with Crippen molar-refractivity contribution >= 4 is 64.4 Å². The smallest absolute Gasteiger partial charge is 0.449 e. The van der Waals surface area contributed by atoms with Crippen LogP contribution in [0.1, 0.15) is 5.76 Å². The Labute approximate surface area is 138 Å². The van der Waals surface area contributed by atoms with Crippen LogP contribution < -0.4 is 5.43 Å². The number of hydrogen-bond acceptors (Lipinski definition) is 4. The van der Waals surface area contributed by atoms with Crippen molar-refractivity contribution < 1.29 is 22.5 Å². The lowest BCUT2D eigenvalue weighted by atomic mass is 10.2. The van der Waals surface area contributed by atoms with Gasteiger partial charge in [-0.2, -0.15) is 13.2 Å². The summed E-state index contributed by atoms with van der Waals surface area (Å²) in [6.45, 7) is 0. The standard InChI is InChI=1S/C10HBr3F3NO4/c11-2-1-3(12)8-4(6(2)17(19)20)7(18)5(13)9(21-8)10(14,15)16/h1H. The molecule has 0 bridgehead atoms. The second-order valence-electron chi connectivity index (χ2n) is 3.72. The molecule has 1 heterocycles. The first-order valence-corrected chi connectivity index (χ1v) is 7.29. The van der Waals surface area contributed by atoms with Gasteiger partial charge in [-0.25, -0.2) is 0 Å². The third-order valence-electron chi connectivity index (χ3n) is 2.43. The van der Waals surface area contributed by atoms with E-state index in [0.29, 0.717) is 0 Å². The fraction of sp³-hybridized carbons (Fsp3) is 0.100. The van der Waals surface area contributed by atoms with E-state index in [-0.39, 0.29) is 8.95 Å². The topological polar surface area (TPSA) is 73.3 Å². The fourth-order valence-corrected chi connectivity index (χ4v) is 3.51. The first-order chi connectivity index (χ1) is 9.55. The summed E-state index contributed by atoms with van der Waals surface area (Å²) in [5, 5.41) is 10.5. The van der Waals surface area contributed by atoms with E-state index in [1.165, 1.54) is 0 Å². The van der Waals surface area contributed by atoms with Crippen LogP contribution in [-0.4, -0.2) is 4.92 Å². The summed E-state index contributed by atoms with van der Waals surface area (Å²) in [7, 11) is 0. The average molecular weight is 496 g/mol. The minimum absolute atomic E-state index is 0.0231. The molecule has 112 valence electrons. The van der Waals surface area contributed by atoms with E-state index in [1.54, 1.807) is 0 Å². The summed E-state index contributed by atoms with van der Waals surface area (Å²) in [6.07, 6.45) is -4.92. The van der Waals surface area contributed by atoms with Crippen molar-refractivity contribution in [2.75, 3.05) is 0 Å². The van der Waals surface area contributed by atoms with Crippen LogP contribution >= 0.6 is 47.8 Å². The lowest BCUT2D eigenvalue weighted by Gasteiger charge is -2.10. The highest BCUT2D eigenvalue weighted by Gasteiger charge is 2.40. The molecule has 2 aromatic rings. The van der Waals surface area contributed by atoms with E-state index in [4.69, 9.17) is 0 Å². The van der Waals surface area contributed by atoms with Crippen molar-refractivity contribution in [2.24, 2.45) is 0 Å². The third kappa shape index (κ3) is 2.73. The number of rotatable bonds is 1. The summed E-state index contributed by atoms with van der Waals surface area (Å²) in [5.41, 5.74) is -2.40. The number of nitro benzene ring substituents is 1.